The molecule has 0 atom stereocenters. The Morgan fingerprint density at radius 2 is 1.43 bits per heavy atom. The van der Waals surface area contributed by atoms with Gasteiger partial charge in [-0.1, -0.05) is 0 Å². The summed E-state index contributed by atoms with van der Waals surface area (Å²) in [5.74, 6) is 2.77. The molecule has 1 heterocycles. The van der Waals surface area contributed by atoms with E-state index in [4.69, 9.17) is 0 Å². The summed E-state index contributed by atoms with van der Waals surface area (Å²) in [5, 5.41) is 15.3. The first kappa shape index (κ1) is 17.5. The Balaban J connectivity index is 1.62. The number of aromatic nitrogens is 2. The molecule has 8 nitrogen and oxygen atoms in total. The van der Waals surface area contributed by atoms with Crippen LogP contribution < -0.4 is 16.4 Å². The number of rotatable bonds is 3. The van der Waals surface area contributed by atoms with E-state index in [1.807, 2.05) is 0 Å². The summed E-state index contributed by atoms with van der Waals surface area (Å²) < 4.78 is 2.47. The zero-order valence-electron chi connectivity index (χ0n) is 16.1. The lowest BCUT2D eigenvalue weighted by Crippen LogP contribution is -2.51. The molecule has 6 rings (SSSR count). The topological polar surface area (TPSA) is 99.2 Å². The third-order valence-corrected chi connectivity index (χ3v) is 7.35. The number of anilines is 1. The van der Waals surface area contributed by atoms with Crippen LogP contribution in [0, 0.1) is 33.8 Å². The molecule has 148 valence electrons. The number of hydrogen-bond acceptors (Lipinski definition) is 5. The maximum atomic E-state index is 12.2. The van der Waals surface area contributed by atoms with Crippen molar-refractivity contribution in [2.45, 2.75) is 38.1 Å². The van der Waals surface area contributed by atoms with E-state index >= 15 is 0 Å². The van der Waals surface area contributed by atoms with Gasteiger partial charge in [0.1, 0.15) is 5.69 Å². The van der Waals surface area contributed by atoms with Crippen LogP contribution in [0.3, 0.4) is 0 Å². The second-order valence-electron chi connectivity index (χ2n) is 8.94. The highest BCUT2D eigenvalue weighted by Gasteiger charge is 2.48. The van der Waals surface area contributed by atoms with Crippen LogP contribution in [0.1, 0.15) is 32.1 Å². The van der Waals surface area contributed by atoms with Gasteiger partial charge in [-0.2, -0.15) is 0 Å². The average molecular weight is 384 g/mol. The Bertz CT molecular complexity index is 1090. The fourth-order valence-corrected chi connectivity index (χ4v) is 6.22. The minimum Gasteiger partial charge on any atom is -0.376 e. The average Bonchev–Trinajstić information content (AvgIpc) is 2.66. The summed E-state index contributed by atoms with van der Waals surface area (Å²) in [4.78, 5) is 35.7. The highest BCUT2D eigenvalue weighted by molar-refractivity contribution is 5.85. The first-order chi connectivity index (χ1) is 13.3. The van der Waals surface area contributed by atoms with Gasteiger partial charge in [-0.3, -0.25) is 19.7 Å². The van der Waals surface area contributed by atoms with Crippen molar-refractivity contribution in [2.24, 2.45) is 37.8 Å². The van der Waals surface area contributed by atoms with Crippen LogP contribution in [0.2, 0.25) is 0 Å². The lowest BCUT2D eigenvalue weighted by atomic mass is 9.54. The van der Waals surface area contributed by atoms with E-state index in [2.05, 4.69) is 5.32 Å². The van der Waals surface area contributed by atoms with E-state index in [0.29, 0.717) is 28.6 Å². The van der Waals surface area contributed by atoms with Crippen LogP contribution in [-0.4, -0.2) is 20.1 Å². The van der Waals surface area contributed by atoms with Crippen molar-refractivity contribution >= 4 is 22.4 Å². The predicted octanol–water partition coefficient (Wildman–Crippen LogP) is 2.38. The first-order valence-corrected chi connectivity index (χ1v) is 9.98. The molecule has 0 aliphatic heterocycles. The fourth-order valence-electron chi connectivity index (χ4n) is 6.22. The van der Waals surface area contributed by atoms with Gasteiger partial charge in [0.15, 0.2) is 0 Å². The molecule has 28 heavy (non-hydrogen) atoms. The van der Waals surface area contributed by atoms with Gasteiger partial charge in [0.2, 0.25) is 0 Å². The summed E-state index contributed by atoms with van der Waals surface area (Å²) in [6, 6.07) is 3.32. The van der Waals surface area contributed by atoms with Gasteiger partial charge >= 0.3 is 11.1 Å². The lowest BCUT2D eigenvalue weighted by Gasteiger charge is -2.54. The van der Waals surface area contributed by atoms with Crippen LogP contribution >= 0.6 is 0 Å². The van der Waals surface area contributed by atoms with Crippen molar-refractivity contribution in [3.63, 3.8) is 0 Å². The molecule has 4 aliphatic rings. The number of nitro benzene ring substituents is 1. The second kappa shape index (κ2) is 5.93. The molecule has 0 unspecified atom stereocenters. The van der Waals surface area contributed by atoms with Crippen molar-refractivity contribution in [1.29, 1.82) is 0 Å². The zero-order chi connectivity index (χ0) is 19.7. The van der Waals surface area contributed by atoms with Gasteiger partial charge in [-0.15, -0.1) is 0 Å². The summed E-state index contributed by atoms with van der Waals surface area (Å²) in [7, 11) is 3.01. The monoisotopic (exact) mass is 384 g/mol. The van der Waals surface area contributed by atoms with E-state index in [-0.39, 0.29) is 11.7 Å². The molecule has 0 saturated heterocycles. The largest absolute Gasteiger partial charge is 0.376 e. The van der Waals surface area contributed by atoms with Crippen molar-refractivity contribution in [2.75, 3.05) is 5.32 Å². The van der Waals surface area contributed by atoms with Crippen LogP contribution in [0.25, 0.3) is 11.0 Å². The normalized spacial score (nSPS) is 30.7. The molecule has 0 amide bonds. The van der Waals surface area contributed by atoms with E-state index in [9.17, 15) is 19.7 Å². The van der Waals surface area contributed by atoms with Gasteiger partial charge in [-0.05, 0) is 61.8 Å². The third-order valence-electron chi connectivity index (χ3n) is 7.35. The third kappa shape index (κ3) is 2.43. The van der Waals surface area contributed by atoms with Crippen molar-refractivity contribution < 1.29 is 4.92 Å². The minimum atomic E-state index is -0.689. The van der Waals surface area contributed by atoms with Gasteiger partial charge in [0.05, 0.1) is 16.0 Å². The Kier molecular flexibility index (Phi) is 3.70. The molecule has 0 spiro atoms. The molecule has 1 aromatic heterocycles. The maximum Gasteiger partial charge on any atom is 0.316 e. The second-order valence-corrected chi connectivity index (χ2v) is 8.94. The van der Waals surface area contributed by atoms with Crippen LogP contribution in [0.5, 0.6) is 0 Å². The minimum absolute atomic E-state index is 0.0463. The molecular formula is C20H24N4O4. The number of fused-ring (bicyclic) bond motifs is 1. The lowest BCUT2D eigenvalue weighted by molar-refractivity contribution is -0.383. The van der Waals surface area contributed by atoms with Crippen molar-refractivity contribution in [3.8, 4) is 0 Å². The summed E-state index contributed by atoms with van der Waals surface area (Å²) in [6.07, 6.45) is 6.18. The molecule has 4 fully saturated rings. The molecular weight excluding hydrogens is 360 g/mol. The molecule has 4 bridgehead atoms. The standard InChI is InChI=1S/C20H24N4O4/c1-22-16-8-14(15(24(27)28)9-17(16)23(2)20(26)19(22)25)21-18-12-4-10-3-11(6-12)7-13(18)5-10/h8-13,18,21H,3-7H2,1-2H3. The van der Waals surface area contributed by atoms with Gasteiger partial charge < -0.3 is 14.5 Å². The van der Waals surface area contributed by atoms with Crippen molar-refractivity contribution in [3.05, 3.63) is 43.0 Å². The van der Waals surface area contributed by atoms with Gasteiger partial charge in [0, 0.05) is 26.2 Å². The number of aryl methyl sites for hydroxylation is 2. The number of benzene rings is 1. The first-order valence-electron chi connectivity index (χ1n) is 9.98. The molecule has 1 N–H and O–H groups in total. The van der Waals surface area contributed by atoms with Gasteiger partial charge in [0.25, 0.3) is 5.69 Å². The molecule has 0 radical (unpaired) electrons. The van der Waals surface area contributed by atoms with Crippen LogP contribution in [-0.2, 0) is 14.1 Å². The Hall–Kier alpha value is -2.64. The number of hydrogen-bond donors (Lipinski definition) is 1. The van der Waals surface area contributed by atoms with E-state index in [0.717, 1.165) is 11.8 Å². The summed E-state index contributed by atoms with van der Waals surface area (Å²) in [6.45, 7) is 0. The van der Waals surface area contributed by atoms with Crippen LogP contribution in [0.4, 0.5) is 11.4 Å². The molecule has 1 aromatic carbocycles. The van der Waals surface area contributed by atoms with Gasteiger partial charge in [-0.25, -0.2) is 0 Å². The maximum absolute atomic E-state index is 12.2. The van der Waals surface area contributed by atoms with E-state index < -0.39 is 16.0 Å². The van der Waals surface area contributed by atoms with E-state index in [1.54, 1.807) is 6.07 Å². The van der Waals surface area contributed by atoms with E-state index in [1.165, 1.54) is 61.4 Å². The fraction of sp³-hybridized carbons (Fsp3) is 0.600. The number of nitrogens with zero attached hydrogens (tertiary/aromatic N) is 3. The number of nitro groups is 1. The van der Waals surface area contributed by atoms with Crippen molar-refractivity contribution in [1.82, 2.24) is 9.13 Å². The molecule has 8 heteroatoms. The molecule has 2 aromatic rings. The zero-order valence-corrected chi connectivity index (χ0v) is 16.1. The van der Waals surface area contributed by atoms with Crippen LogP contribution in [0.15, 0.2) is 21.7 Å². The summed E-state index contributed by atoms with van der Waals surface area (Å²) >= 11 is 0. The Labute approximate surface area is 161 Å². The molecule has 4 aliphatic carbocycles. The Morgan fingerprint density at radius 3 is 1.93 bits per heavy atom. The molecule has 4 saturated carbocycles. The highest BCUT2D eigenvalue weighted by atomic mass is 16.6. The highest BCUT2D eigenvalue weighted by Crippen LogP contribution is 2.54. The summed E-state index contributed by atoms with van der Waals surface area (Å²) in [5.41, 5.74) is -0.0208. The quantitative estimate of drug-likeness (QED) is 0.498. The Morgan fingerprint density at radius 1 is 0.929 bits per heavy atom. The SMILES string of the molecule is Cn1c(=O)c(=O)n(C)c2cc([N+](=O)[O-])c(NC3C4CC5CC(C4)CC3C5)cc21. The number of nitrogens with one attached hydrogen (secondary N) is 1. The smallest absolute Gasteiger partial charge is 0.316 e. The predicted molar refractivity (Wildman–Crippen MR) is 106 cm³/mol.